The van der Waals surface area contributed by atoms with Crippen LogP contribution in [0.3, 0.4) is 0 Å². The Morgan fingerprint density at radius 1 is 1.39 bits per heavy atom. The first-order valence-corrected chi connectivity index (χ1v) is 7.96. The predicted molar refractivity (Wildman–Crippen MR) is 84.1 cm³/mol. The average Bonchev–Trinajstić information content (AvgIpc) is 3.13. The summed E-state index contributed by atoms with van der Waals surface area (Å²) in [7, 11) is 1.60. The maximum Gasteiger partial charge on any atom is 0.225 e. The molecule has 6 nitrogen and oxygen atoms in total. The molecular formula is C17H22N2O4. The summed E-state index contributed by atoms with van der Waals surface area (Å²) in [6.45, 7) is 1.98. The van der Waals surface area contributed by atoms with E-state index in [0.717, 1.165) is 12.2 Å². The molecule has 2 aliphatic heterocycles. The number of nitrogens with one attached hydrogen (secondary N) is 1. The number of hydrogen-bond donors (Lipinski definition) is 1. The van der Waals surface area contributed by atoms with Crippen LogP contribution in [0, 0.1) is 5.92 Å². The highest BCUT2D eigenvalue weighted by atomic mass is 16.5. The van der Waals surface area contributed by atoms with Crippen molar-refractivity contribution in [2.24, 2.45) is 5.92 Å². The van der Waals surface area contributed by atoms with Crippen molar-refractivity contribution >= 4 is 11.8 Å². The Labute approximate surface area is 135 Å². The standard InChI is InChI=1S/C17H22N2O4/c1-22-7-6-19-11-13(9-16(19)20)17(21)18-10-14-8-12-4-2-3-5-15(12)23-14/h2-5,13-14H,6-11H2,1H3,(H,18,21). The second-order valence-corrected chi connectivity index (χ2v) is 6.03. The Kier molecular flexibility index (Phi) is 4.81. The summed E-state index contributed by atoms with van der Waals surface area (Å²) in [4.78, 5) is 25.8. The Hall–Kier alpha value is -2.08. The van der Waals surface area contributed by atoms with Crippen molar-refractivity contribution in [3.8, 4) is 5.75 Å². The van der Waals surface area contributed by atoms with Gasteiger partial charge in [-0.2, -0.15) is 0 Å². The molecule has 2 amide bonds. The smallest absolute Gasteiger partial charge is 0.225 e. The fourth-order valence-corrected chi connectivity index (χ4v) is 3.09. The molecule has 3 rings (SSSR count). The highest BCUT2D eigenvalue weighted by Crippen LogP contribution is 2.27. The molecule has 1 fully saturated rings. The van der Waals surface area contributed by atoms with E-state index in [2.05, 4.69) is 5.32 Å². The lowest BCUT2D eigenvalue weighted by molar-refractivity contribution is -0.129. The molecule has 1 N–H and O–H groups in total. The molecule has 124 valence electrons. The third-order valence-electron chi connectivity index (χ3n) is 4.37. The summed E-state index contributed by atoms with van der Waals surface area (Å²) < 4.78 is 10.8. The average molecular weight is 318 g/mol. The molecule has 2 aliphatic rings. The second-order valence-electron chi connectivity index (χ2n) is 6.03. The van der Waals surface area contributed by atoms with Crippen LogP contribution in [0.1, 0.15) is 12.0 Å². The van der Waals surface area contributed by atoms with E-state index in [1.54, 1.807) is 12.0 Å². The summed E-state index contributed by atoms with van der Waals surface area (Å²) in [5, 5.41) is 2.92. The number of rotatable bonds is 6. The summed E-state index contributed by atoms with van der Waals surface area (Å²) in [6.07, 6.45) is 1.06. The van der Waals surface area contributed by atoms with Crippen molar-refractivity contribution in [1.29, 1.82) is 0 Å². The summed E-state index contributed by atoms with van der Waals surface area (Å²) >= 11 is 0. The molecule has 6 heteroatoms. The molecule has 1 saturated heterocycles. The van der Waals surface area contributed by atoms with Gasteiger partial charge in [-0.25, -0.2) is 0 Å². The first-order chi connectivity index (χ1) is 11.2. The number of hydrogen-bond acceptors (Lipinski definition) is 4. The Bertz CT molecular complexity index is 565. The van der Waals surface area contributed by atoms with Crippen LogP contribution in [0.15, 0.2) is 24.3 Å². The van der Waals surface area contributed by atoms with Gasteiger partial charge < -0.3 is 19.7 Å². The normalized spacial score (nSPS) is 22.8. The van der Waals surface area contributed by atoms with Crippen molar-refractivity contribution in [2.75, 3.05) is 33.4 Å². The molecule has 0 aromatic heterocycles. The second kappa shape index (κ2) is 7.00. The van der Waals surface area contributed by atoms with E-state index in [9.17, 15) is 9.59 Å². The van der Waals surface area contributed by atoms with Crippen LogP contribution in [0.25, 0.3) is 0 Å². The molecule has 1 aromatic rings. The Morgan fingerprint density at radius 3 is 3.00 bits per heavy atom. The van der Waals surface area contributed by atoms with Crippen molar-refractivity contribution < 1.29 is 19.1 Å². The molecule has 0 bridgehead atoms. The van der Waals surface area contributed by atoms with E-state index < -0.39 is 0 Å². The van der Waals surface area contributed by atoms with Gasteiger partial charge in [0.2, 0.25) is 11.8 Å². The fourth-order valence-electron chi connectivity index (χ4n) is 3.09. The first kappa shape index (κ1) is 15.8. The van der Waals surface area contributed by atoms with Crippen molar-refractivity contribution in [1.82, 2.24) is 10.2 Å². The first-order valence-electron chi connectivity index (χ1n) is 7.96. The molecule has 0 spiro atoms. The van der Waals surface area contributed by atoms with E-state index in [4.69, 9.17) is 9.47 Å². The monoisotopic (exact) mass is 318 g/mol. The lowest BCUT2D eigenvalue weighted by atomic mass is 10.1. The summed E-state index contributed by atoms with van der Waals surface area (Å²) in [5.41, 5.74) is 1.17. The van der Waals surface area contributed by atoms with Crippen molar-refractivity contribution in [3.63, 3.8) is 0 Å². The lowest BCUT2D eigenvalue weighted by Gasteiger charge is -2.16. The minimum absolute atomic E-state index is 0.0201. The number of ether oxygens (including phenoxy) is 2. The van der Waals surface area contributed by atoms with Gasteiger partial charge in [0.15, 0.2) is 0 Å². The van der Waals surface area contributed by atoms with E-state index in [0.29, 0.717) is 26.2 Å². The molecule has 2 unspecified atom stereocenters. The van der Waals surface area contributed by atoms with Crippen LogP contribution < -0.4 is 10.1 Å². The number of carbonyl (C=O) groups is 2. The van der Waals surface area contributed by atoms with Crippen LogP contribution in [-0.4, -0.2) is 56.2 Å². The lowest BCUT2D eigenvalue weighted by Crippen LogP contribution is -2.39. The fraction of sp³-hybridized carbons (Fsp3) is 0.529. The Morgan fingerprint density at radius 2 is 2.22 bits per heavy atom. The number of carbonyl (C=O) groups excluding carboxylic acids is 2. The van der Waals surface area contributed by atoms with Gasteiger partial charge in [-0.05, 0) is 11.6 Å². The third-order valence-corrected chi connectivity index (χ3v) is 4.37. The predicted octanol–water partition coefficient (Wildman–Crippen LogP) is 0.601. The van der Waals surface area contributed by atoms with Crippen molar-refractivity contribution in [2.45, 2.75) is 18.9 Å². The zero-order valence-electron chi connectivity index (χ0n) is 13.3. The van der Waals surface area contributed by atoms with E-state index >= 15 is 0 Å². The quantitative estimate of drug-likeness (QED) is 0.834. The molecule has 0 saturated carbocycles. The van der Waals surface area contributed by atoms with E-state index in [-0.39, 0.29) is 30.3 Å². The van der Waals surface area contributed by atoms with E-state index in [1.165, 1.54) is 5.56 Å². The van der Waals surface area contributed by atoms with Gasteiger partial charge in [0.1, 0.15) is 11.9 Å². The van der Waals surface area contributed by atoms with Gasteiger partial charge in [0, 0.05) is 33.0 Å². The van der Waals surface area contributed by atoms with Gasteiger partial charge in [-0.1, -0.05) is 18.2 Å². The van der Waals surface area contributed by atoms with Crippen LogP contribution >= 0.6 is 0 Å². The zero-order chi connectivity index (χ0) is 16.2. The highest BCUT2D eigenvalue weighted by molar-refractivity contribution is 5.89. The Balaban J connectivity index is 1.45. The van der Waals surface area contributed by atoms with Crippen LogP contribution in [0.4, 0.5) is 0 Å². The molecule has 1 aromatic carbocycles. The summed E-state index contributed by atoms with van der Waals surface area (Å²) in [6, 6.07) is 7.92. The third kappa shape index (κ3) is 3.64. The minimum Gasteiger partial charge on any atom is -0.488 e. The minimum atomic E-state index is -0.275. The highest BCUT2D eigenvalue weighted by Gasteiger charge is 2.34. The molecular weight excluding hydrogens is 296 g/mol. The molecule has 0 aliphatic carbocycles. The van der Waals surface area contributed by atoms with Gasteiger partial charge in [-0.3, -0.25) is 9.59 Å². The van der Waals surface area contributed by atoms with Gasteiger partial charge in [0.05, 0.1) is 19.1 Å². The zero-order valence-corrected chi connectivity index (χ0v) is 13.3. The number of nitrogens with zero attached hydrogens (tertiary/aromatic N) is 1. The van der Waals surface area contributed by atoms with Crippen LogP contribution in [0.2, 0.25) is 0 Å². The van der Waals surface area contributed by atoms with Gasteiger partial charge in [0.25, 0.3) is 0 Å². The number of fused-ring (bicyclic) bond motifs is 1. The van der Waals surface area contributed by atoms with Crippen molar-refractivity contribution in [3.05, 3.63) is 29.8 Å². The van der Waals surface area contributed by atoms with Crippen LogP contribution in [0.5, 0.6) is 5.75 Å². The van der Waals surface area contributed by atoms with E-state index in [1.807, 2.05) is 24.3 Å². The SMILES string of the molecule is COCCN1CC(C(=O)NCC2Cc3ccccc3O2)CC1=O. The molecule has 2 atom stereocenters. The van der Waals surface area contributed by atoms with Gasteiger partial charge >= 0.3 is 0 Å². The number of likely N-dealkylation sites (tertiary alicyclic amines) is 1. The number of benzene rings is 1. The van der Waals surface area contributed by atoms with Gasteiger partial charge in [-0.15, -0.1) is 0 Å². The molecule has 2 heterocycles. The maximum atomic E-state index is 12.3. The summed E-state index contributed by atoms with van der Waals surface area (Å²) in [5.74, 6) is 0.571. The van der Waals surface area contributed by atoms with Crippen LogP contribution in [-0.2, 0) is 20.7 Å². The largest absolute Gasteiger partial charge is 0.488 e. The molecule has 23 heavy (non-hydrogen) atoms. The number of amides is 2. The number of para-hydroxylation sites is 1. The topological polar surface area (TPSA) is 67.9 Å². The molecule has 0 radical (unpaired) electrons. The number of methoxy groups -OCH3 is 1. The maximum absolute atomic E-state index is 12.3.